The number of carbonyl (C=O) groups excluding carboxylic acids is 2. The van der Waals surface area contributed by atoms with Crippen LogP contribution >= 0.6 is 0 Å². The summed E-state index contributed by atoms with van der Waals surface area (Å²) in [5.41, 5.74) is 0. The zero-order valence-electron chi connectivity index (χ0n) is 9.06. The molecule has 0 aromatic carbocycles. The summed E-state index contributed by atoms with van der Waals surface area (Å²) in [6, 6.07) is 0. The van der Waals surface area contributed by atoms with Crippen molar-refractivity contribution in [3.05, 3.63) is 0 Å². The molecule has 15 heavy (non-hydrogen) atoms. The molecule has 0 saturated heterocycles. The van der Waals surface area contributed by atoms with E-state index in [0.29, 0.717) is 18.4 Å². The summed E-state index contributed by atoms with van der Waals surface area (Å²) in [6.45, 7) is 2.42. The highest BCUT2D eigenvalue weighted by molar-refractivity contribution is 5.69. The molecule has 2 atom stereocenters. The third-order valence-corrected chi connectivity index (χ3v) is 2.41. The van der Waals surface area contributed by atoms with Crippen molar-refractivity contribution in [2.45, 2.75) is 13.3 Å². The highest BCUT2D eigenvalue weighted by atomic mass is 16.8. The second kappa shape index (κ2) is 4.86. The minimum absolute atomic E-state index is 0.350. The zero-order chi connectivity index (χ0) is 11.4. The van der Waals surface area contributed by atoms with Crippen LogP contribution in [0.5, 0.6) is 0 Å². The summed E-state index contributed by atoms with van der Waals surface area (Å²) >= 11 is 0. The van der Waals surface area contributed by atoms with E-state index in [2.05, 4.69) is 21.2 Å². The minimum atomic E-state index is -0.922. The molecule has 6 heteroatoms. The normalized spacial score (nSPS) is 22.9. The Labute approximate surface area is 88.0 Å². The fraction of sp³-hybridized carbons (Fsp3) is 0.778. The van der Waals surface area contributed by atoms with Gasteiger partial charge in [-0.15, -0.1) is 5.06 Å². The standard InChI is InChI=1S/C9H15NO5/c1-6-4-7(6)5-10(8(11)13-2)15-9(12)14-3/h6-7H,4-5H2,1-3H3/t6-,7-/m1/s1. The lowest BCUT2D eigenvalue weighted by Crippen LogP contribution is -2.35. The van der Waals surface area contributed by atoms with Gasteiger partial charge in [0, 0.05) is 0 Å². The number of hydrogen-bond donors (Lipinski definition) is 0. The van der Waals surface area contributed by atoms with E-state index in [1.807, 2.05) is 0 Å². The first-order valence-electron chi connectivity index (χ1n) is 4.69. The van der Waals surface area contributed by atoms with Crippen molar-refractivity contribution in [3.63, 3.8) is 0 Å². The van der Waals surface area contributed by atoms with E-state index in [9.17, 15) is 9.59 Å². The lowest BCUT2D eigenvalue weighted by molar-refractivity contribution is -0.106. The SMILES string of the molecule is COC(=O)ON(C[C@H]1C[C@H]1C)C(=O)OC. The molecule has 86 valence electrons. The molecule has 0 radical (unpaired) electrons. The van der Waals surface area contributed by atoms with E-state index in [1.54, 1.807) is 0 Å². The molecule has 0 spiro atoms. The summed E-state index contributed by atoms with van der Waals surface area (Å²) in [5.74, 6) is 0.923. The average Bonchev–Trinajstić information content (AvgIpc) is 2.92. The average molecular weight is 217 g/mol. The van der Waals surface area contributed by atoms with Gasteiger partial charge in [0.15, 0.2) is 0 Å². The van der Waals surface area contributed by atoms with Gasteiger partial charge in [0.25, 0.3) is 0 Å². The highest BCUT2D eigenvalue weighted by Crippen LogP contribution is 2.38. The summed E-state index contributed by atoms with van der Waals surface area (Å²) < 4.78 is 8.77. The van der Waals surface area contributed by atoms with Crippen molar-refractivity contribution in [2.75, 3.05) is 20.8 Å². The van der Waals surface area contributed by atoms with Gasteiger partial charge in [0.1, 0.15) is 0 Å². The van der Waals surface area contributed by atoms with Crippen LogP contribution < -0.4 is 0 Å². The highest BCUT2D eigenvalue weighted by Gasteiger charge is 2.37. The fourth-order valence-corrected chi connectivity index (χ4v) is 1.24. The molecule has 0 aliphatic heterocycles. The molecule has 1 aliphatic rings. The number of amides is 1. The number of methoxy groups -OCH3 is 2. The molecule has 1 saturated carbocycles. The van der Waals surface area contributed by atoms with E-state index in [1.165, 1.54) is 14.2 Å². The Kier molecular flexibility index (Phi) is 3.76. The number of carbonyl (C=O) groups is 2. The minimum Gasteiger partial charge on any atom is -0.451 e. The lowest BCUT2D eigenvalue weighted by Gasteiger charge is -2.18. The second-order valence-electron chi connectivity index (χ2n) is 3.55. The Hall–Kier alpha value is -1.46. The monoisotopic (exact) mass is 217 g/mol. The molecule has 6 nitrogen and oxygen atoms in total. The first kappa shape index (κ1) is 11.6. The molecule has 1 aliphatic carbocycles. The van der Waals surface area contributed by atoms with Crippen molar-refractivity contribution in [2.24, 2.45) is 11.8 Å². The number of hydroxylamine groups is 2. The van der Waals surface area contributed by atoms with E-state index in [4.69, 9.17) is 0 Å². The third kappa shape index (κ3) is 3.30. The summed E-state index contributed by atoms with van der Waals surface area (Å²) in [5, 5.41) is 0.889. The molecule has 0 aromatic rings. The van der Waals surface area contributed by atoms with Crippen LogP contribution in [-0.2, 0) is 14.3 Å². The van der Waals surface area contributed by atoms with Crippen molar-refractivity contribution in [1.29, 1.82) is 0 Å². The van der Waals surface area contributed by atoms with Crippen molar-refractivity contribution in [1.82, 2.24) is 5.06 Å². The maximum atomic E-state index is 11.2. The zero-order valence-corrected chi connectivity index (χ0v) is 9.06. The number of ether oxygens (including phenoxy) is 2. The van der Waals surface area contributed by atoms with Crippen LogP contribution in [0.2, 0.25) is 0 Å². The van der Waals surface area contributed by atoms with Crippen LogP contribution in [0.3, 0.4) is 0 Å². The number of nitrogens with zero attached hydrogens (tertiary/aromatic N) is 1. The second-order valence-corrected chi connectivity index (χ2v) is 3.55. The smallest absolute Gasteiger partial charge is 0.451 e. The largest absolute Gasteiger partial charge is 0.533 e. The van der Waals surface area contributed by atoms with Gasteiger partial charge in [0.05, 0.1) is 20.8 Å². The topological polar surface area (TPSA) is 65.1 Å². The van der Waals surface area contributed by atoms with E-state index in [0.717, 1.165) is 11.5 Å². The third-order valence-electron chi connectivity index (χ3n) is 2.41. The van der Waals surface area contributed by atoms with Gasteiger partial charge >= 0.3 is 12.2 Å². The molecule has 0 N–H and O–H groups in total. The van der Waals surface area contributed by atoms with Gasteiger partial charge in [-0.1, -0.05) is 6.92 Å². The van der Waals surface area contributed by atoms with E-state index in [-0.39, 0.29) is 0 Å². The molecule has 0 aromatic heterocycles. The Morgan fingerprint density at radius 3 is 2.33 bits per heavy atom. The Morgan fingerprint density at radius 1 is 1.33 bits per heavy atom. The van der Waals surface area contributed by atoms with Crippen LogP contribution in [0, 0.1) is 11.8 Å². The molecular formula is C9H15NO5. The molecule has 1 rings (SSSR count). The van der Waals surface area contributed by atoms with Crippen LogP contribution in [0.4, 0.5) is 9.59 Å². The Balaban J connectivity index is 2.45. The van der Waals surface area contributed by atoms with Gasteiger partial charge < -0.3 is 14.3 Å². The molecule has 0 bridgehead atoms. The van der Waals surface area contributed by atoms with Gasteiger partial charge in [0.2, 0.25) is 0 Å². The maximum Gasteiger partial charge on any atom is 0.533 e. The Bertz CT molecular complexity index is 255. The fourth-order valence-electron chi connectivity index (χ4n) is 1.24. The summed E-state index contributed by atoms with van der Waals surface area (Å²) in [7, 11) is 2.41. The molecule has 1 amide bonds. The lowest BCUT2D eigenvalue weighted by atomic mass is 10.3. The van der Waals surface area contributed by atoms with Crippen LogP contribution in [0.15, 0.2) is 0 Å². The van der Waals surface area contributed by atoms with Gasteiger partial charge in [-0.2, -0.15) is 0 Å². The molecule has 1 fully saturated rings. The van der Waals surface area contributed by atoms with Crippen LogP contribution in [0.1, 0.15) is 13.3 Å². The predicted molar refractivity (Wildman–Crippen MR) is 49.9 cm³/mol. The van der Waals surface area contributed by atoms with Gasteiger partial charge in [-0.3, -0.25) is 0 Å². The maximum absolute atomic E-state index is 11.2. The molecular weight excluding hydrogens is 202 g/mol. The number of hydrogen-bond acceptors (Lipinski definition) is 5. The predicted octanol–water partition coefficient (Wildman–Crippen LogP) is 1.41. The van der Waals surface area contributed by atoms with Crippen LogP contribution in [0.25, 0.3) is 0 Å². The summed E-state index contributed by atoms with van der Waals surface area (Å²) in [4.78, 5) is 26.7. The van der Waals surface area contributed by atoms with Crippen LogP contribution in [-0.4, -0.2) is 38.1 Å². The van der Waals surface area contributed by atoms with Gasteiger partial charge in [-0.05, 0) is 18.3 Å². The van der Waals surface area contributed by atoms with E-state index >= 15 is 0 Å². The van der Waals surface area contributed by atoms with Crippen molar-refractivity contribution in [3.8, 4) is 0 Å². The number of rotatable bonds is 2. The van der Waals surface area contributed by atoms with Crippen molar-refractivity contribution >= 4 is 12.2 Å². The van der Waals surface area contributed by atoms with Gasteiger partial charge in [-0.25, -0.2) is 9.59 Å². The quantitative estimate of drug-likeness (QED) is 0.516. The first-order valence-corrected chi connectivity index (χ1v) is 4.69. The van der Waals surface area contributed by atoms with Crippen molar-refractivity contribution < 1.29 is 23.9 Å². The Morgan fingerprint density at radius 2 is 1.93 bits per heavy atom. The van der Waals surface area contributed by atoms with E-state index < -0.39 is 12.2 Å². The molecule has 0 unspecified atom stereocenters. The summed E-state index contributed by atoms with van der Waals surface area (Å²) in [6.07, 6.45) is -0.592. The first-order chi connectivity index (χ1) is 7.08. The molecule has 0 heterocycles.